The molecule has 18 heavy (non-hydrogen) atoms. The van der Waals surface area contributed by atoms with E-state index in [9.17, 15) is 0 Å². The number of likely N-dealkylation sites (tertiary alicyclic amines) is 1. The number of rotatable bonds is 4. The Kier molecular flexibility index (Phi) is 3.39. The molecule has 2 saturated heterocycles. The minimum Gasteiger partial charge on any atom is -0.372 e. The van der Waals surface area contributed by atoms with Gasteiger partial charge in [-0.15, -0.1) is 0 Å². The van der Waals surface area contributed by atoms with Crippen LogP contribution in [0.4, 0.5) is 0 Å². The van der Waals surface area contributed by atoms with Crippen LogP contribution in [-0.2, 0) is 4.74 Å². The van der Waals surface area contributed by atoms with Crippen molar-refractivity contribution in [3.8, 4) is 0 Å². The third-order valence-electron chi connectivity index (χ3n) is 3.95. The lowest BCUT2D eigenvalue weighted by molar-refractivity contribution is 0.162. The SMILES string of the molecule is CC(C)c1nccn1C1CCCN(CC2CO2)C1. The van der Waals surface area contributed by atoms with Gasteiger partial charge in [0.05, 0.1) is 12.7 Å². The number of nitrogens with zero attached hydrogens (tertiary/aromatic N) is 3. The third kappa shape index (κ3) is 2.59. The van der Waals surface area contributed by atoms with E-state index in [0.717, 1.165) is 19.7 Å². The second-order valence-electron chi connectivity index (χ2n) is 5.86. The smallest absolute Gasteiger partial charge is 0.111 e. The number of aromatic nitrogens is 2. The first-order valence-electron chi connectivity index (χ1n) is 7.10. The number of ether oxygens (including phenoxy) is 1. The van der Waals surface area contributed by atoms with Gasteiger partial charge in [0.2, 0.25) is 0 Å². The van der Waals surface area contributed by atoms with Gasteiger partial charge in [-0.1, -0.05) is 13.8 Å². The molecule has 1 aromatic heterocycles. The second-order valence-corrected chi connectivity index (χ2v) is 5.86. The van der Waals surface area contributed by atoms with Gasteiger partial charge < -0.3 is 9.30 Å². The van der Waals surface area contributed by atoms with Crippen LogP contribution in [0.15, 0.2) is 12.4 Å². The van der Waals surface area contributed by atoms with Gasteiger partial charge in [-0.05, 0) is 19.4 Å². The van der Waals surface area contributed by atoms with E-state index in [1.54, 1.807) is 0 Å². The van der Waals surface area contributed by atoms with Crippen molar-refractivity contribution in [2.24, 2.45) is 0 Å². The van der Waals surface area contributed by atoms with Crippen LogP contribution in [0.1, 0.15) is 44.5 Å². The van der Waals surface area contributed by atoms with Crippen LogP contribution >= 0.6 is 0 Å². The van der Waals surface area contributed by atoms with E-state index < -0.39 is 0 Å². The maximum atomic E-state index is 5.34. The van der Waals surface area contributed by atoms with Crippen molar-refractivity contribution in [2.75, 3.05) is 26.2 Å². The number of epoxide rings is 1. The molecule has 2 aliphatic rings. The highest BCUT2D eigenvalue weighted by Crippen LogP contribution is 2.26. The molecule has 0 aliphatic carbocycles. The van der Waals surface area contributed by atoms with Crippen molar-refractivity contribution in [1.29, 1.82) is 0 Å². The van der Waals surface area contributed by atoms with Crippen LogP contribution in [0.5, 0.6) is 0 Å². The maximum Gasteiger partial charge on any atom is 0.111 e. The van der Waals surface area contributed by atoms with E-state index in [1.807, 2.05) is 6.20 Å². The predicted octanol–water partition coefficient (Wildman–Crippen LogP) is 2.04. The molecule has 1 aromatic rings. The zero-order valence-corrected chi connectivity index (χ0v) is 11.4. The van der Waals surface area contributed by atoms with Crippen LogP contribution in [0.25, 0.3) is 0 Å². The lowest BCUT2D eigenvalue weighted by atomic mass is 10.0. The summed E-state index contributed by atoms with van der Waals surface area (Å²) in [4.78, 5) is 7.06. The topological polar surface area (TPSA) is 33.6 Å². The van der Waals surface area contributed by atoms with Gasteiger partial charge in [-0.3, -0.25) is 4.90 Å². The van der Waals surface area contributed by atoms with E-state index in [4.69, 9.17) is 4.74 Å². The Morgan fingerprint density at radius 2 is 2.33 bits per heavy atom. The first kappa shape index (κ1) is 12.2. The summed E-state index contributed by atoms with van der Waals surface area (Å²) in [7, 11) is 0. The highest BCUT2D eigenvalue weighted by Gasteiger charge is 2.29. The molecule has 2 aliphatic heterocycles. The van der Waals surface area contributed by atoms with Gasteiger partial charge in [0.15, 0.2) is 0 Å². The van der Waals surface area contributed by atoms with E-state index in [1.165, 1.54) is 25.2 Å². The van der Waals surface area contributed by atoms with Gasteiger partial charge in [0, 0.05) is 37.4 Å². The second kappa shape index (κ2) is 5.02. The van der Waals surface area contributed by atoms with Gasteiger partial charge in [-0.25, -0.2) is 4.98 Å². The van der Waals surface area contributed by atoms with E-state index in [2.05, 4.69) is 34.5 Å². The molecule has 0 N–H and O–H groups in total. The molecule has 0 radical (unpaired) electrons. The molecule has 0 bridgehead atoms. The largest absolute Gasteiger partial charge is 0.372 e. The van der Waals surface area contributed by atoms with Crippen molar-refractivity contribution in [2.45, 2.75) is 44.8 Å². The van der Waals surface area contributed by atoms with E-state index >= 15 is 0 Å². The molecule has 3 rings (SSSR count). The molecular formula is C14H23N3O. The minimum atomic E-state index is 0.502. The molecule has 0 amide bonds. The first-order chi connectivity index (χ1) is 8.74. The molecule has 0 aromatic carbocycles. The summed E-state index contributed by atoms with van der Waals surface area (Å²) in [5, 5.41) is 0. The number of imidazole rings is 1. The fourth-order valence-electron chi connectivity index (χ4n) is 2.97. The van der Waals surface area contributed by atoms with Crippen LogP contribution in [0.2, 0.25) is 0 Å². The summed E-state index contributed by atoms with van der Waals surface area (Å²) < 4.78 is 7.73. The Labute approximate surface area is 109 Å². The summed E-state index contributed by atoms with van der Waals surface area (Å²) in [6.45, 7) is 8.89. The lowest BCUT2D eigenvalue weighted by Gasteiger charge is -2.34. The summed E-state index contributed by atoms with van der Waals surface area (Å²) >= 11 is 0. The van der Waals surface area contributed by atoms with Crippen LogP contribution in [-0.4, -0.2) is 46.8 Å². The highest BCUT2D eigenvalue weighted by molar-refractivity contribution is 5.01. The van der Waals surface area contributed by atoms with E-state index in [0.29, 0.717) is 18.1 Å². The number of hydrogen-bond acceptors (Lipinski definition) is 3. The molecule has 3 heterocycles. The van der Waals surface area contributed by atoms with Crippen LogP contribution in [0, 0.1) is 0 Å². The average molecular weight is 249 g/mol. The van der Waals surface area contributed by atoms with Gasteiger partial charge in [0.1, 0.15) is 5.82 Å². The number of piperidine rings is 1. The molecule has 2 fully saturated rings. The highest BCUT2D eigenvalue weighted by atomic mass is 16.6. The molecular weight excluding hydrogens is 226 g/mol. The zero-order valence-electron chi connectivity index (χ0n) is 11.4. The first-order valence-corrected chi connectivity index (χ1v) is 7.10. The Bertz CT molecular complexity index is 397. The summed E-state index contributed by atoms with van der Waals surface area (Å²) in [6.07, 6.45) is 7.16. The molecule has 2 unspecified atom stereocenters. The van der Waals surface area contributed by atoms with Gasteiger partial charge in [0.25, 0.3) is 0 Å². The molecule has 100 valence electrons. The average Bonchev–Trinajstić information content (AvgIpc) is 3.03. The molecule has 2 atom stereocenters. The number of hydrogen-bond donors (Lipinski definition) is 0. The Morgan fingerprint density at radius 3 is 3.06 bits per heavy atom. The summed E-state index contributed by atoms with van der Waals surface area (Å²) in [5.41, 5.74) is 0. The molecule has 4 nitrogen and oxygen atoms in total. The lowest BCUT2D eigenvalue weighted by Crippen LogP contribution is -2.39. The monoisotopic (exact) mass is 249 g/mol. The molecule has 4 heteroatoms. The third-order valence-corrected chi connectivity index (χ3v) is 3.95. The molecule has 0 saturated carbocycles. The normalized spacial score (nSPS) is 28.8. The fourth-order valence-corrected chi connectivity index (χ4v) is 2.97. The zero-order chi connectivity index (χ0) is 12.5. The van der Waals surface area contributed by atoms with Crippen molar-refractivity contribution < 1.29 is 4.74 Å². The quantitative estimate of drug-likeness (QED) is 0.766. The van der Waals surface area contributed by atoms with Crippen molar-refractivity contribution >= 4 is 0 Å². The summed E-state index contributed by atoms with van der Waals surface area (Å²) in [5.74, 6) is 1.73. The van der Waals surface area contributed by atoms with Crippen molar-refractivity contribution in [3.05, 3.63) is 18.2 Å². The van der Waals surface area contributed by atoms with Crippen molar-refractivity contribution in [1.82, 2.24) is 14.5 Å². The van der Waals surface area contributed by atoms with Crippen molar-refractivity contribution in [3.63, 3.8) is 0 Å². The Balaban J connectivity index is 1.68. The minimum absolute atomic E-state index is 0.502. The van der Waals surface area contributed by atoms with Crippen LogP contribution < -0.4 is 0 Å². The van der Waals surface area contributed by atoms with Gasteiger partial charge in [-0.2, -0.15) is 0 Å². The predicted molar refractivity (Wildman–Crippen MR) is 70.8 cm³/mol. The fraction of sp³-hybridized carbons (Fsp3) is 0.786. The van der Waals surface area contributed by atoms with Gasteiger partial charge >= 0.3 is 0 Å². The van der Waals surface area contributed by atoms with Crippen LogP contribution in [0.3, 0.4) is 0 Å². The Hall–Kier alpha value is -0.870. The molecule has 0 spiro atoms. The maximum absolute atomic E-state index is 5.34. The summed E-state index contributed by atoms with van der Waals surface area (Å²) in [6, 6.07) is 0.595. The van der Waals surface area contributed by atoms with E-state index in [-0.39, 0.29) is 0 Å². The Morgan fingerprint density at radius 1 is 1.50 bits per heavy atom. The standard InChI is InChI=1S/C14H23N3O/c1-11(2)14-15-5-7-17(14)12-4-3-6-16(8-12)9-13-10-18-13/h5,7,11-13H,3-4,6,8-10H2,1-2H3.